The van der Waals surface area contributed by atoms with Crippen LogP contribution in [0.5, 0.6) is 0 Å². The van der Waals surface area contributed by atoms with Crippen LogP contribution < -0.4 is 0 Å². The highest BCUT2D eigenvalue weighted by atomic mass is 15.1. The zero-order valence-corrected chi connectivity index (χ0v) is 7.51. The Labute approximate surface area is 69.4 Å². The lowest BCUT2D eigenvalue weighted by Crippen LogP contribution is -2.17. The minimum Gasteiger partial charge on any atom is -0.375 e. The smallest absolute Gasteiger partial charge is 0.0201 e. The summed E-state index contributed by atoms with van der Waals surface area (Å²) >= 11 is 0. The molecule has 0 radical (unpaired) electrons. The van der Waals surface area contributed by atoms with Gasteiger partial charge in [-0.3, -0.25) is 0 Å². The van der Waals surface area contributed by atoms with Gasteiger partial charge in [-0.1, -0.05) is 19.6 Å². The summed E-state index contributed by atoms with van der Waals surface area (Å²) in [7, 11) is 0. The maximum atomic E-state index is 3.69. The monoisotopic (exact) mass is 151 g/mol. The Bertz CT molecular complexity index is 170. The Hall–Kier alpha value is -0.720. The van der Waals surface area contributed by atoms with E-state index in [4.69, 9.17) is 0 Å². The molecular weight excluding hydrogens is 134 g/mol. The van der Waals surface area contributed by atoms with Crippen molar-refractivity contribution < 1.29 is 0 Å². The van der Waals surface area contributed by atoms with Crippen LogP contribution in [0, 0.1) is 5.92 Å². The fourth-order valence-corrected chi connectivity index (χ4v) is 1.53. The van der Waals surface area contributed by atoms with E-state index in [1.807, 2.05) is 6.08 Å². The van der Waals surface area contributed by atoms with Crippen molar-refractivity contribution in [2.24, 2.45) is 5.92 Å². The van der Waals surface area contributed by atoms with Crippen LogP contribution in [0.2, 0.25) is 0 Å². The van der Waals surface area contributed by atoms with Gasteiger partial charge in [0, 0.05) is 18.8 Å². The van der Waals surface area contributed by atoms with E-state index in [0.717, 1.165) is 5.92 Å². The largest absolute Gasteiger partial charge is 0.375 e. The fourth-order valence-electron chi connectivity index (χ4n) is 1.53. The van der Waals surface area contributed by atoms with E-state index < -0.39 is 0 Å². The van der Waals surface area contributed by atoms with Gasteiger partial charge < -0.3 is 4.90 Å². The Morgan fingerprint density at radius 2 is 2.36 bits per heavy atom. The summed E-state index contributed by atoms with van der Waals surface area (Å²) in [5.41, 5.74) is 1.35. The summed E-state index contributed by atoms with van der Waals surface area (Å²) in [5.74, 6) is 0.864. The van der Waals surface area contributed by atoms with E-state index >= 15 is 0 Å². The van der Waals surface area contributed by atoms with E-state index in [2.05, 4.69) is 31.4 Å². The lowest BCUT2D eigenvalue weighted by Gasteiger charge is -2.17. The standard InChI is InChI=1S/C10H17N/c1-4-5-10(3)11-7-6-9(2)8-11/h4-5,9H,1,6-8H2,2-3H3/b10-5+. The summed E-state index contributed by atoms with van der Waals surface area (Å²) in [6.45, 7) is 10.6. The molecular formula is C10H17N. The minimum atomic E-state index is 0.864. The summed E-state index contributed by atoms with van der Waals surface area (Å²) in [6, 6.07) is 0. The third-order valence-corrected chi connectivity index (χ3v) is 2.28. The highest BCUT2D eigenvalue weighted by Crippen LogP contribution is 2.19. The molecule has 0 saturated carbocycles. The third kappa shape index (κ3) is 2.11. The van der Waals surface area contributed by atoms with Crippen molar-refractivity contribution in [1.82, 2.24) is 4.90 Å². The summed E-state index contributed by atoms with van der Waals surface area (Å²) in [5, 5.41) is 0. The zero-order chi connectivity index (χ0) is 8.27. The molecule has 1 nitrogen and oxygen atoms in total. The van der Waals surface area contributed by atoms with Crippen molar-refractivity contribution in [3.05, 3.63) is 24.4 Å². The van der Waals surface area contributed by atoms with E-state index in [1.54, 1.807) is 0 Å². The SMILES string of the molecule is C=C/C=C(\C)N1CCC(C)C1. The molecule has 1 fully saturated rings. The van der Waals surface area contributed by atoms with Crippen molar-refractivity contribution >= 4 is 0 Å². The van der Waals surface area contributed by atoms with Crippen molar-refractivity contribution in [2.75, 3.05) is 13.1 Å². The molecule has 1 aliphatic rings. The van der Waals surface area contributed by atoms with Gasteiger partial charge in [0.2, 0.25) is 0 Å². The van der Waals surface area contributed by atoms with Crippen molar-refractivity contribution in [3.8, 4) is 0 Å². The quantitative estimate of drug-likeness (QED) is 0.548. The first kappa shape index (κ1) is 8.38. The fraction of sp³-hybridized carbons (Fsp3) is 0.600. The van der Waals surface area contributed by atoms with Gasteiger partial charge in [0.25, 0.3) is 0 Å². The van der Waals surface area contributed by atoms with Gasteiger partial charge in [0.1, 0.15) is 0 Å². The molecule has 0 aromatic carbocycles. The first-order chi connectivity index (χ1) is 5.24. The van der Waals surface area contributed by atoms with Crippen LogP contribution in [-0.2, 0) is 0 Å². The second-order valence-corrected chi connectivity index (χ2v) is 3.38. The van der Waals surface area contributed by atoms with Crippen LogP contribution in [0.1, 0.15) is 20.3 Å². The third-order valence-electron chi connectivity index (χ3n) is 2.28. The lowest BCUT2D eigenvalue weighted by molar-refractivity contribution is 0.411. The molecule has 0 spiro atoms. The van der Waals surface area contributed by atoms with Gasteiger partial charge in [-0.25, -0.2) is 0 Å². The predicted octanol–water partition coefficient (Wildman–Crippen LogP) is 2.42. The summed E-state index contributed by atoms with van der Waals surface area (Å²) in [6.07, 6.45) is 5.28. The number of allylic oxidation sites excluding steroid dienone is 3. The highest BCUT2D eigenvalue weighted by molar-refractivity contribution is 5.08. The molecule has 1 unspecified atom stereocenters. The lowest BCUT2D eigenvalue weighted by atomic mass is 10.2. The number of likely N-dealkylation sites (tertiary alicyclic amines) is 1. The molecule has 0 aromatic heterocycles. The summed E-state index contributed by atoms with van der Waals surface area (Å²) < 4.78 is 0. The average Bonchev–Trinajstić information content (AvgIpc) is 2.36. The van der Waals surface area contributed by atoms with Gasteiger partial charge in [0.15, 0.2) is 0 Å². The maximum absolute atomic E-state index is 3.69. The molecule has 0 aliphatic carbocycles. The molecule has 0 amide bonds. The zero-order valence-electron chi connectivity index (χ0n) is 7.51. The second kappa shape index (κ2) is 3.61. The maximum Gasteiger partial charge on any atom is 0.0201 e. The predicted molar refractivity (Wildman–Crippen MR) is 49.3 cm³/mol. The summed E-state index contributed by atoms with van der Waals surface area (Å²) in [4.78, 5) is 2.42. The molecule has 1 atom stereocenters. The Kier molecular flexibility index (Phi) is 2.75. The van der Waals surface area contributed by atoms with E-state index in [0.29, 0.717) is 0 Å². The van der Waals surface area contributed by atoms with E-state index in [9.17, 15) is 0 Å². The van der Waals surface area contributed by atoms with Gasteiger partial charge in [-0.05, 0) is 25.3 Å². The van der Waals surface area contributed by atoms with Crippen LogP contribution in [0.15, 0.2) is 24.4 Å². The van der Waals surface area contributed by atoms with Gasteiger partial charge in [-0.2, -0.15) is 0 Å². The van der Waals surface area contributed by atoms with Crippen molar-refractivity contribution in [1.29, 1.82) is 0 Å². The van der Waals surface area contributed by atoms with Crippen LogP contribution in [0.4, 0.5) is 0 Å². The van der Waals surface area contributed by atoms with Crippen molar-refractivity contribution in [2.45, 2.75) is 20.3 Å². The first-order valence-corrected chi connectivity index (χ1v) is 4.28. The van der Waals surface area contributed by atoms with Crippen LogP contribution in [0.25, 0.3) is 0 Å². The highest BCUT2D eigenvalue weighted by Gasteiger charge is 2.17. The van der Waals surface area contributed by atoms with Crippen LogP contribution in [0.3, 0.4) is 0 Å². The number of hydrogen-bond donors (Lipinski definition) is 0. The molecule has 1 rings (SSSR count). The van der Waals surface area contributed by atoms with Crippen LogP contribution >= 0.6 is 0 Å². The Balaban J connectivity index is 2.49. The molecule has 11 heavy (non-hydrogen) atoms. The molecule has 62 valence electrons. The second-order valence-electron chi connectivity index (χ2n) is 3.38. The Morgan fingerprint density at radius 3 is 2.82 bits per heavy atom. The minimum absolute atomic E-state index is 0.864. The number of hydrogen-bond acceptors (Lipinski definition) is 1. The molecule has 1 heteroatoms. The number of nitrogens with zero attached hydrogens (tertiary/aromatic N) is 1. The normalized spacial score (nSPS) is 25.8. The first-order valence-electron chi connectivity index (χ1n) is 4.28. The topological polar surface area (TPSA) is 3.24 Å². The average molecular weight is 151 g/mol. The molecule has 0 N–H and O–H groups in total. The van der Waals surface area contributed by atoms with E-state index in [1.165, 1.54) is 25.2 Å². The van der Waals surface area contributed by atoms with E-state index in [-0.39, 0.29) is 0 Å². The Morgan fingerprint density at radius 1 is 1.64 bits per heavy atom. The van der Waals surface area contributed by atoms with Crippen molar-refractivity contribution in [3.63, 3.8) is 0 Å². The molecule has 1 saturated heterocycles. The van der Waals surface area contributed by atoms with Gasteiger partial charge >= 0.3 is 0 Å². The molecule has 0 bridgehead atoms. The number of rotatable bonds is 2. The van der Waals surface area contributed by atoms with Crippen LogP contribution in [-0.4, -0.2) is 18.0 Å². The van der Waals surface area contributed by atoms with Gasteiger partial charge in [-0.15, -0.1) is 0 Å². The molecule has 1 heterocycles. The van der Waals surface area contributed by atoms with Gasteiger partial charge in [0.05, 0.1) is 0 Å². The molecule has 1 aliphatic heterocycles. The molecule has 0 aromatic rings.